The Morgan fingerprint density at radius 1 is 1.19 bits per heavy atom. The first kappa shape index (κ1) is 25.2. The first-order valence-corrected chi connectivity index (χ1v) is 11.8. The minimum absolute atomic E-state index is 0.0302. The predicted octanol–water partition coefficient (Wildman–Crippen LogP) is 3.80. The van der Waals surface area contributed by atoms with E-state index in [0.717, 1.165) is 11.1 Å². The van der Waals surface area contributed by atoms with E-state index in [1.165, 1.54) is 29.3 Å². The van der Waals surface area contributed by atoms with Gasteiger partial charge in [0.15, 0.2) is 16.9 Å². The molecule has 4 heterocycles. The highest BCUT2D eigenvalue weighted by Gasteiger charge is 2.60. The summed E-state index contributed by atoms with van der Waals surface area (Å²) in [6.07, 6.45) is -2.29. The summed E-state index contributed by atoms with van der Waals surface area (Å²) < 4.78 is 74.2. The molecule has 8 nitrogen and oxygen atoms in total. The third-order valence-corrected chi connectivity index (χ3v) is 7.16. The van der Waals surface area contributed by atoms with Crippen LogP contribution in [-0.2, 0) is 11.0 Å². The first-order chi connectivity index (χ1) is 17.5. The van der Waals surface area contributed by atoms with Gasteiger partial charge in [-0.1, -0.05) is 0 Å². The fourth-order valence-electron chi connectivity index (χ4n) is 4.77. The zero-order chi connectivity index (χ0) is 26.6. The molecule has 0 bridgehead atoms. The average Bonchev–Trinajstić information content (AvgIpc) is 3.06. The van der Waals surface area contributed by atoms with Gasteiger partial charge in [0.25, 0.3) is 11.8 Å². The topological polar surface area (TPSA) is 94.4 Å². The van der Waals surface area contributed by atoms with Gasteiger partial charge in [-0.25, -0.2) is 18.7 Å². The Kier molecular flexibility index (Phi) is 6.03. The molecule has 1 saturated carbocycles. The van der Waals surface area contributed by atoms with Gasteiger partial charge in [0.2, 0.25) is 5.88 Å². The summed E-state index contributed by atoms with van der Waals surface area (Å²) in [7, 11) is 0. The largest absolute Gasteiger partial charge is 0.468 e. The Morgan fingerprint density at radius 2 is 1.92 bits per heavy atom. The Labute approximate surface area is 213 Å². The van der Waals surface area contributed by atoms with Gasteiger partial charge in [0.05, 0.1) is 35.9 Å². The zero-order valence-electron chi connectivity index (χ0n) is 19.1. The normalized spacial score (nSPS) is 22.6. The maximum atomic E-state index is 14.1. The molecule has 5 rings (SSSR count). The fraction of sp³-hybridized carbons (Fsp3) is 0.435. The van der Waals surface area contributed by atoms with Gasteiger partial charge in [-0.3, -0.25) is 9.69 Å². The number of rotatable bonds is 4. The van der Waals surface area contributed by atoms with Gasteiger partial charge in [-0.2, -0.15) is 18.4 Å². The Morgan fingerprint density at radius 3 is 2.49 bits per heavy atom. The van der Waals surface area contributed by atoms with Crippen LogP contribution < -0.4 is 19.9 Å². The minimum atomic E-state index is -4.86. The molecule has 0 aromatic carbocycles. The van der Waals surface area contributed by atoms with Crippen LogP contribution >= 0.6 is 12.2 Å². The third kappa shape index (κ3) is 4.15. The van der Waals surface area contributed by atoms with Crippen LogP contribution in [0, 0.1) is 11.3 Å². The molecule has 1 unspecified atom stereocenters. The number of hydrogen-bond donors (Lipinski definition) is 1. The van der Waals surface area contributed by atoms with E-state index < -0.39 is 47.5 Å². The Hall–Kier alpha value is -3.44. The van der Waals surface area contributed by atoms with E-state index in [2.05, 4.69) is 15.3 Å². The molecule has 1 atom stereocenters. The summed E-state index contributed by atoms with van der Waals surface area (Å²) in [5, 5.41) is 11.6. The van der Waals surface area contributed by atoms with Crippen LogP contribution in [0.4, 0.5) is 33.3 Å². The summed E-state index contributed by atoms with van der Waals surface area (Å²) in [5.74, 6) is -3.61. The van der Waals surface area contributed by atoms with Crippen LogP contribution in [0.15, 0.2) is 30.6 Å². The molecular weight excluding hydrogens is 519 g/mol. The van der Waals surface area contributed by atoms with Crippen molar-refractivity contribution < 1.29 is 31.5 Å². The van der Waals surface area contributed by atoms with E-state index in [4.69, 9.17) is 22.2 Å². The van der Waals surface area contributed by atoms with Crippen LogP contribution in [0.5, 0.6) is 5.88 Å². The number of pyridine rings is 2. The van der Waals surface area contributed by atoms with Gasteiger partial charge in [-0.15, -0.1) is 0 Å². The van der Waals surface area contributed by atoms with Crippen molar-refractivity contribution in [1.82, 2.24) is 15.3 Å². The average molecular weight is 539 g/mol. The molecule has 1 N–H and O–H groups in total. The number of thiocarbonyl (C=S) groups is 1. The van der Waals surface area contributed by atoms with Crippen LogP contribution in [-0.4, -0.2) is 51.6 Å². The van der Waals surface area contributed by atoms with Crippen molar-refractivity contribution in [1.29, 1.82) is 5.26 Å². The number of amides is 1. The van der Waals surface area contributed by atoms with E-state index >= 15 is 0 Å². The number of hydrogen-bond acceptors (Lipinski definition) is 7. The van der Waals surface area contributed by atoms with Gasteiger partial charge in [-0.05, 0) is 50.2 Å². The van der Waals surface area contributed by atoms with Crippen molar-refractivity contribution in [3.8, 4) is 11.9 Å². The summed E-state index contributed by atoms with van der Waals surface area (Å²) in [6, 6.07) is 4.99. The monoisotopic (exact) mass is 538 g/mol. The van der Waals surface area contributed by atoms with E-state index in [9.17, 15) is 26.7 Å². The van der Waals surface area contributed by atoms with Gasteiger partial charge in [0.1, 0.15) is 11.6 Å². The van der Waals surface area contributed by atoms with Crippen molar-refractivity contribution in [2.45, 2.75) is 49.4 Å². The lowest BCUT2D eigenvalue weighted by Gasteiger charge is -2.42. The Balaban J connectivity index is 1.45. The maximum Gasteiger partial charge on any atom is 0.419 e. The third-order valence-electron chi connectivity index (χ3n) is 6.79. The van der Waals surface area contributed by atoms with Crippen LogP contribution in [0.2, 0.25) is 0 Å². The number of carbonyl (C=O) groups is 1. The fourth-order valence-corrected chi connectivity index (χ4v) is 5.24. The quantitative estimate of drug-likeness (QED) is 0.464. The molecule has 2 aromatic heterocycles. The number of anilines is 2. The molecule has 0 radical (unpaired) electrons. The van der Waals surface area contributed by atoms with Crippen LogP contribution in [0.3, 0.4) is 0 Å². The second-order valence-electron chi connectivity index (χ2n) is 9.03. The molecule has 1 spiro atoms. The molecular formula is C23H19F5N6O2S. The number of ether oxygens (including phenoxy) is 1. The summed E-state index contributed by atoms with van der Waals surface area (Å²) in [5.41, 5.74) is -3.06. The molecule has 3 aliphatic rings. The molecule has 194 valence electrons. The molecule has 1 amide bonds. The number of aromatic nitrogens is 2. The van der Waals surface area contributed by atoms with Crippen molar-refractivity contribution in [2.24, 2.45) is 0 Å². The molecule has 1 aliphatic carbocycles. The molecule has 14 heteroatoms. The number of nitrogens with one attached hydrogen (secondary N) is 1. The second kappa shape index (κ2) is 8.84. The highest BCUT2D eigenvalue weighted by atomic mass is 32.1. The van der Waals surface area contributed by atoms with E-state index in [0.29, 0.717) is 37.6 Å². The second-order valence-corrected chi connectivity index (χ2v) is 9.40. The number of nitriles is 1. The molecule has 2 aromatic rings. The Bertz CT molecular complexity index is 1290. The summed E-state index contributed by atoms with van der Waals surface area (Å²) >= 11 is 5.54. The maximum absolute atomic E-state index is 14.1. The van der Waals surface area contributed by atoms with Gasteiger partial charge in [0, 0.05) is 12.5 Å². The lowest BCUT2D eigenvalue weighted by Crippen LogP contribution is -2.55. The number of halogens is 5. The number of nitrogens with zero attached hydrogens (tertiary/aromatic N) is 5. The summed E-state index contributed by atoms with van der Waals surface area (Å²) in [6.45, 7) is -0.125. The SMILES string of the molecule is N#Cc1ncc(N2C(=O)C3(CCC3)N(c3ccc(OC4CCNCC4(F)F)nc3)C2=S)cc1C(F)(F)F. The number of carbonyl (C=O) groups excluding carboxylic acids is 1. The van der Waals surface area contributed by atoms with E-state index in [1.807, 2.05) is 0 Å². The van der Waals surface area contributed by atoms with Crippen molar-refractivity contribution in [3.05, 3.63) is 41.9 Å². The predicted molar refractivity (Wildman–Crippen MR) is 124 cm³/mol. The van der Waals surface area contributed by atoms with Crippen molar-refractivity contribution >= 4 is 34.6 Å². The van der Waals surface area contributed by atoms with Gasteiger partial charge >= 0.3 is 6.18 Å². The van der Waals surface area contributed by atoms with E-state index in [-0.39, 0.29) is 23.1 Å². The van der Waals surface area contributed by atoms with Crippen molar-refractivity contribution in [2.75, 3.05) is 22.9 Å². The summed E-state index contributed by atoms with van der Waals surface area (Å²) in [4.78, 5) is 23.7. The van der Waals surface area contributed by atoms with Gasteiger partial charge < -0.3 is 15.0 Å². The van der Waals surface area contributed by atoms with Crippen LogP contribution in [0.1, 0.15) is 36.9 Å². The molecule has 2 saturated heterocycles. The standard InChI is InChI=1S/C23H19F5N6O2S/c24-22(25)12-30-7-4-17(22)36-18-3-2-13(10-32-18)34-20(37)33(19(35)21(34)5-1-6-21)14-8-15(23(26,27)28)16(9-29)31-11-14/h2-3,8,10-11,17,30H,1,4-7,12H2. The highest BCUT2D eigenvalue weighted by Crippen LogP contribution is 2.48. The smallest absolute Gasteiger partial charge is 0.419 e. The lowest BCUT2D eigenvalue weighted by atomic mass is 9.75. The molecule has 3 fully saturated rings. The minimum Gasteiger partial charge on any atom is -0.468 e. The number of piperidine rings is 1. The molecule has 37 heavy (non-hydrogen) atoms. The van der Waals surface area contributed by atoms with E-state index in [1.54, 1.807) is 0 Å². The molecule has 2 aliphatic heterocycles. The number of alkyl halides is 5. The van der Waals surface area contributed by atoms with Crippen molar-refractivity contribution in [3.63, 3.8) is 0 Å². The highest BCUT2D eigenvalue weighted by molar-refractivity contribution is 7.81. The van der Waals surface area contributed by atoms with Crippen LogP contribution in [0.25, 0.3) is 0 Å². The first-order valence-electron chi connectivity index (χ1n) is 11.4. The lowest BCUT2D eigenvalue weighted by molar-refractivity contribution is -0.138. The zero-order valence-corrected chi connectivity index (χ0v) is 19.9.